The van der Waals surface area contributed by atoms with E-state index in [-0.39, 0.29) is 5.54 Å². The number of hydrogen-bond acceptors (Lipinski definition) is 2. The number of nitriles is 1. The van der Waals surface area contributed by atoms with Crippen molar-refractivity contribution in [2.75, 3.05) is 0 Å². The van der Waals surface area contributed by atoms with Crippen LogP contribution in [0.3, 0.4) is 0 Å². The maximum absolute atomic E-state index is 9.47. The third-order valence-corrected chi connectivity index (χ3v) is 4.31. The minimum absolute atomic E-state index is 0.217. The van der Waals surface area contributed by atoms with Crippen LogP contribution in [-0.4, -0.2) is 11.6 Å². The Balaban J connectivity index is 1.98. The molecule has 0 aromatic carbocycles. The molecule has 1 N–H and O–H groups in total. The summed E-state index contributed by atoms with van der Waals surface area (Å²) in [4.78, 5) is 0. The lowest BCUT2D eigenvalue weighted by Crippen LogP contribution is -2.48. The van der Waals surface area contributed by atoms with Gasteiger partial charge in [-0.25, -0.2) is 0 Å². The van der Waals surface area contributed by atoms with Gasteiger partial charge in [-0.15, -0.1) is 0 Å². The molecule has 2 rings (SSSR count). The molecule has 0 bridgehead atoms. The van der Waals surface area contributed by atoms with Crippen molar-refractivity contribution in [3.63, 3.8) is 0 Å². The summed E-state index contributed by atoms with van der Waals surface area (Å²) in [6, 6.07) is 3.17. The number of nitrogens with one attached hydrogen (secondary N) is 1. The maximum Gasteiger partial charge on any atom is 0.107 e. The Morgan fingerprint density at radius 3 is 2.31 bits per heavy atom. The van der Waals surface area contributed by atoms with Crippen molar-refractivity contribution in [1.82, 2.24) is 5.32 Å². The smallest absolute Gasteiger partial charge is 0.107 e. The summed E-state index contributed by atoms with van der Waals surface area (Å²) in [5, 5.41) is 13.1. The van der Waals surface area contributed by atoms with Crippen molar-refractivity contribution < 1.29 is 0 Å². The van der Waals surface area contributed by atoms with Gasteiger partial charge in [0, 0.05) is 6.04 Å². The second-order valence-electron chi connectivity index (χ2n) is 6.51. The van der Waals surface area contributed by atoms with E-state index in [9.17, 15) is 5.26 Å². The van der Waals surface area contributed by atoms with Crippen LogP contribution in [0.25, 0.3) is 0 Å². The van der Waals surface area contributed by atoms with Crippen molar-refractivity contribution in [1.29, 1.82) is 5.26 Å². The van der Waals surface area contributed by atoms with Crippen molar-refractivity contribution in [2.45, 2.75) is 76.8 Å². The van der Waals surface area contributed by atoms with E-state index in [0.717, 1.165) is 12.8 Å². The third-order valence-electron chi connectivity index (χ3n) is 4.31. The van der Waals surface area contributed by atoms with Gasteiger partial charge in [0.2, 0.25) is 0 Å². The molecule has 2 nitrogen and oxygen atoms in total. The molecule has 2 heteroatoms. The molecule has 0 aromatic heterocycles. The first-order valence-electron chi connectivity index (χ1n) is 6.74. The van der Waals surface area contributed by atoms with Gasteiger partial charge < -0.3 is 0 Å². The highest BCUT2D eigenvalue weighted by molar-refractivity contribution is 5.14. The Bertz CT molecular complexity index is 284. The van der Waals surface area contributed by atoms with E-state index in [1.54, 1.807) is 0 Å². The fourth-order valence-electron chi connectivity index (χ4n) is 3.43. The van der Waals surface area contributed by atoms with Gasteiger partial charge in [-0.1, -0.05) is 33.1 Å². The van der Waals surface area contributed by atoms with Crippen LogP contribution in [0.1, 0.15) is 65.2 Å². The average Bonchev–Trinajstić information content (AvgIpc) is 2.57. The molecule has 16 heavy (non-hydrogen) atoms. The van der Waals surface area contributed by atoms with Gasteiger partial charge in [-0.05, 0) is 37.5 Å². The largest absolute Gasteiger partial charge is 0.297 e. The predicted molar refractivity (Wildman–Crippen MR) is 66.0 cm³/mol. The molecular formula is C14H24N2. The molecule has 0 saturated heterocycles. The van der Waals surface area contributed by atoms with Crippen molar-refractivity contribution in [2.24, 2.45) is 5.41 Å². The first kappa shape index (κ1) is 11.9. The van der Waals surface area contributed by atoms with Crippen molar-refractivity contribution in [3.8, 4) is 6.07 Å². The molecule has 0 amide bonds. The SMILES string of the molecule is CC1(C)CCC(C#N)(NC2CCCCC2)C1. The Hall–Kier alpha value is -0.550. The molecule has 90 valence electrons. The predicted octanol–water partition coefficient (Wildman–Crippen LogP) is 3.38. The Morgan fingerprint density at radius 1 is 1.12 bits per heavy atom. The van der Waals surface area contributed by atoms with Crippen LogP contribution in [0.5, 0.6) is 0 Å². The van der Waals surface area contributed by atoms with Gasteiger partial charge in [0.25, 0.3) is 0 Å². The van der Waals surface area contributed by atoms with Crippen LogP contribution in [0.15, 0.2) is 0 Å². The standard InChI is InChI=1S/C14H24N2/c1-13(2)8-9-14(10-13,11-15)16-12-6-4-3-5-7-12/h12,16H,3-10H2,1-2H3. The van der Waals surface area contributed by atoms with Crippen molar-refractivity contribution in [3.05, 3.63) is 0 Å². The second kappa shape index (κ2) is 4.37. The summed E-state index contributed by atoms with van der Waals surface area (Å²) >= 11 is 0. The third kappa shape index (κ3) is 2.58. The van der Waals surface area contributed by atoms with Gasteiger partial charge in [-0.3, -0.25) is 5.32 Å². The average molecular weight is 220 g/mol. The zero-order valence-electron chi connectivity index (χ0n) is 10.7. The first-order chi connectivity index (χ1) is 7.55. The summed E-state index contributed by atoms with van der Waals surface area (Å²) < 4.78 is 0. The highest BCUT2D eigenvalue weighted by Gasteiger charge is 2.44. The highest BCUT2D eigenvalue weighted by atomic mass is 15.0. The molecule has 2 aliphatic rings. The lowest BCUT2D eigenvalue weighted by atomic mass is 9.86. The summed E-state index contributed by atoms with van der Waals surface area (Å²) in [6.45, 7) is 4.57. The van der Waals surface area contributed by atoms with Crippen LogP contribution in [-0.2, 0) is 0 Å². The lowest BCUT2D eigenvalue weighted by molar-refractivity contribution is 0.274. The van der Waals surface area contributed by atoms with Crippen LogP contribution in [0, 0.1) is 16.7 Å². The molecule has 0 aliphatic heterocycles. The monoisotopic (exact) mass is 220 g/mol. The summed E-state index contributed by atoms with van der Waals surface area (Å²) in [5.41, 5.74) is 0.128. The Kier molecular flexibility index (Phi) is 3.26. The zero-order chi connectivity index (χ0) is 11.6. The number of hydrogen-bond donors (Lipinski definition) is 1. The van der Waals surface area contributed by atoms with E-state index in [4.69, 9.17) is 0 Å². The fourth-order valence-corrected chi connectivity index (χ4v) is 3.43. The van der Waals surface area contributed by atoms with Crippen LogP contribution >= 0.6 is 0 Å². The van der Waals surface area contributed by atoms with Crippen LogP contribution < -0.4 is 5.32 Å². The molecule has 2 saturated carbocycles. The minimum Gasteiger partial charge on any atom is -0.297 e. The van der Waals surface area contributed by atoms with Gasteiger partial charge in [0.1, 0.15) is 5.54 Å². The molecule has 0 spiro atoms. The summed E-state index contributed by atoms with van der Waals surface area (Å²) in [6.07, 6.45) is 9.82. The van der Waals surface area contributed by atoms with E-state index in [0.29, 0.717) is 11.5 Å². The summed E-state index contributed by atoms with van der Waals surface area (Å²) in [5.74, 6) is 0. The first-order valence-corrected chi connectivity index (χ1v) is 6.74. The topological polar surface area (TPSA) is 35.8 Å². The molecule has 0 aromatic rings. The molecule has 1 unspecified atom stereocenters. The van der Waals surface area contributed by atoms with E-state index >= 15 is 0 Å². The Morgan fingerprint density at radius 2 is 1.81 bits per heavy atom. The molecule has 2 fully saturated rings. The number of nitrogens with zero attached hydrogens (tertiary/aromatic N) is 1. The Labute approximate surface area is 99.4 Å². The maximum atomic E-state index is 9.47. The quantitative estimate of drug-likeness (QED) is 0.774. The van der Waals surface area contributed by atoms with Crippen LogP contribution in [0.4, 0.5) is 0 Å². The lowest BCUT2D eigenvalue weighted by Gasteiger charge is -2.32. The van der Waals surface area contributed by atoms with E-state index in [1.807, 2.05) is 0 Å². The molecule has 0 heterocycles. The van der Waals surface area contributed by atoms with Crippen molar-refractivity contribution >= 4 is 0 Å². The second-order valence-corrected chi connectivity index (χ2v) is 6.51. The fraction of sp³-hybridized carbons (Fsp3) is 0.929. The van der Waals surface area contributed by atoms with Gasteiger partial charge in [0.05, 0.1) is 6.07 Å². The normalized spacial score (nSPS) is 34.8. The number of rotatable bonds is 2. The molecular weight excluding hydrogens is 196 g/mol. The van der Waals surface area contributed by atoms with Gasteiger partial charge in [0.15, 0.2) is 0 Å². The zero-order valence-corrected chi connectivity index (χ0v) is 10.7. The molecule has 0 radical (unpaired) electrons. The van der Waals surface area contributed by atoms with Gasteiger partial charge >= 0.3 is 0 Å². The van der Waals surface area contributed by atoms with E-state index in [1.165, 1.54) is 38.5 Å². The summed E-state index contributed by atoms with van der Waals surface area (Å²) in [7, 11) is 0. The molecule has 1 atom stereocenters. The van der Waals surface area contributed by atoms with Crippen LogP contribution in [0.2, 0.25) is 0 Å². The van der Waals surface area contributed by atoms with E-state index in [2.05, 4.69) is 25.2 Å². The highest BCUT2D eigenvalue weighted by Crippen LogP contribution is 2.43. The van der Waals surface area contributed by atoms with Gasteiger partial charge in [-0.2, -0.15) is 5.26 Å². The minimum atomic E-state index is -0.217. The molecule has 2 aliphatic carbocycles. The van der Waals surface area contributed by atoms with E-state index < -0.39 is 0 Å².